The van der Waals surface area contributed by atoms with E-state index in [1.807, 2.05) is 55.3 Å². The minimum atomic E-state index is -0.460. The van der Waals surface area contributed by atoms with Crippen LogP contribution in [0.3, 0.4) is 0 Å². The van der Waals surface area contributed by atoms with Gasteiger partial charge < -0.3 is 19.5 Å². The number of rotatable bonds is 9. The Morgan fingerprint density at radius 3 is 2.33 bits per heavy atom. The first-order valence-electron chi connectivity index (χ1n) is 17.8. The van der Waals surface area contributed by atoms with E-state index in [0.29, 0.717) is 48.4 Å². The molecule has 3 aliphatic heterocycles. The Morgan fingerprint density at radius 1 is 0.941 bits per heavy atom. The van der Waals surface area contributed by atoms with Crippen LogP contribution in [-0.4, -0.2) is 78.0 Å². The van der Waals surface area contributed by atoms with E-state index >= 15 is 0 Å². The van der Waals surface area contributed by atoms with Gasteiger partial charge >= 0.3 is 0 Å². The lowest BCUT2D eigenvalue weighted by Crippen LogP contribution is -2.47. The number of amides is 3. The van der Waals surface area contributed by atoms with Crippen molar-refractivity contribution in [2.75, 3.05) is 45.2 Å². The van der Waals surface area contributed by atoms with Crippen molar-refractivity contribution in [1.29, 1.82) is 0 Å². The van der Waals surface area contributed by atoms with Crippen molar-refractivity contribution < 1.29 is 19.1 Å². The highest BCUT2D eigenvalue weighted by Gasteiger charge is 2.30. The molecule has 3 aliphatic rings. The smallest absolute Gasteiger partial charge is 0.253 e. The van der Waals surface area contributed by atoms with E-state index in [2.05, 4.69) is 15.5 Å². The Morgan fingerprint density at radius 2 is 1.67 bits per heavy atom. The number of carbonyl (C=O) groups excluding carboxylic acids is 3. The standard InChI is InChI=1S/C39H47Cl2N5O5/c1-23-24(2)39(50)44(3)21-31(23)27-18-32(40)30(35(19-27)51-4)17-25-9-13-45(14-10-25)22-37(48)46-15-11-26(12-16-46)29-6-5-28(20-33(29)41)42-34-7-8-36(47)43-38(34)49/h5-6,18-21,25-26,34,42H,7-17,22H2,1-4H3,(H,43,47,49). The molecule has 2 N–H and O–H groups in total. The molecule has 12 heteroatoms. The summed E-state index contributed by atoms with van der Waals surface area (Å²) in [5.74, 6) is 1.06. The fraction of sp³-hybridized carbons (Fsp3) is 0.487. The van der Waals surface area contributed by atoms with E-state index in [9.17, 15) is 19.2 Å². The molecule has 0 bridgehead atoms. The van der Waals surface area contributed by atoms with Gasteiger partial charge in [0.25, 0.3) is 5.56 Å². The Kier molecular flexibility index (Phi) is 11.4. The van der Waals surface area contributed by atoms with Gasteiger partial charge in [-0.05, 0) is 118 Å². The number of carbonyl (C=O) groups is 3. The summed E-state index contributed by atoms with van der Waals surface area (Å²) in [4.78, 5) is 53.6. The van der Waals surface area contributed by atoms with Crippen molar-refractivity contribution in [3.63, 3.8) is 0 Å². The lowest BCUT2D eigenvalue weighted by Gasteiger charge is -2.36. The fourth-order valence-electron chi connectivity index (χ4n) is 7.76. The van der Waals surface area contributed by atoms with Gasteiger partial charge in [0.2, 0.25) is 17.7 Å². The molecule has 51 heavy (non-hydrogen) atoms. The molecule has 3 fully saturated rings. The molecule has 4 heterocycles. The highest BCUT2D eigenvalue weighted by Crippen LogP contribution is 2.38. The van der Waals surface area contributed by atoms with Crippen LogP contribution in [0.15, 0.2) is 41.3 Å². The molecule has 1 atom stereocenters. The van der Waals surface area contributed by atoms with Crippen LogP contribution >= 0.6 is 23.2 Å². The number of nitrogens with one attached hydrogen (secondary N) is 2. The number of nitrogens with zero attached hydrogens (tertiary/aromatic N) is 3. The van der Waals surface area contributed by atoms with E-state index in [1.54, 1.807) is 18.7 Å². The summed E-state index contributed by atoms with van der Waals surface area (Å²) in [6.45, 7) is 7.34. The third-order valence-corrected chi connectivity index (χ3v) is 11.7. The zero-order valence-electron chi connectivity index (χ0n) is 29.8. The molecule has 1 unspecified atom stereocenters. The number of hydrogen-bond acceptors (Lipinski definition) is 7. The fourth-order valence-corrected chi connectivity index (χ4v) is 8.39. The number of imide groups is 1. The zero-order chi connectivity index (χ0) is 36.4. The number of piperidine rings is 3. The van der Waals surface area contributed by atoms with E-state index in [1.165, 1.54) is 0 Å². The number of aromatic nitrogens is 1. The number of aryl methyl sites for hydroxylation is 1. The largest absolute Gasteiger partial charge is 0.496 e. The number of likely N-dealkylation sites (tertiary alicyclic amines) is 2. The summed E-state index contributed by atoms with van der Waals surface area (Å²) in [5.41, 5.74) is 6.35. The average Bonchev–Trinajstić information content (AvgIpc) is 3.11. The van der Waals surface area contributed by atoms with Crippen molar-refractivity contribution in [1.82, 2.24) is 19.7 Å². The first-order valence-corrected chi connectivity index (χ1v) is 18.6. The second kappa shape index (κ2) is 15.8. The predicted molar refractivity (Wildman–Crippen MR) is 201 cm³/mol. The van der Waals surface area contributed by atoms with Gasteiger partial charge in [0.15, 0.2) is 0 Å². The quantitative estimate of drug-likeness (QED) is 0.265. The normalized spacial score (nSPS) is 19.3. The minimum absolute atomic E-state index is 0.00353. The first kappa shape index (κ1) is 36.9. The van der Waals surface area contributed by atoms with E-state index < -0.39 is 6.04 Å². The van der Waals surface area contributed by atoms with Crippen molar-refractivity contribution in [2.24, 2.45) is 13.0 Å². The van der Waals surface area contributed by atoms with Gasteiger partial charge in [0.1, 0.15) is 11.8 Å². The van der Waals surface area contributed by atoms with E-state index in [4.69, 9.17) is 27.9 Å². The summed E-state index contributed by atoms with van der Waals surface area (Å²) in [6, 6.07) is 9.33. The number of methoxy groups -OCH3 is 1. The van der Waals surface area contributed by atoms with E-state index in [-0.39, 0.29) is 29.2 Å². The minimum Gasteiger partial charge on any atom is -0.496 e. The number of hydrogen-bond donors (Lipinski definition) is 2. The van der Waals surface area contributed by atoms with E-state index in [0.717, 1.165) is 90.0 Å². The Labute approximate surface area is 309 Å². The molecular formula is C39H47Cl2N5O5. The van der Waals surface area contributed by atoms with Crippen LogP contribution in [-0.2, 0) is 27.9 Å². The van der Waals surface area contributed by atoms with Crippen LogP contribution < -0.4 is 20.9 Å². The molecule has 0 spiro atoms. The van der Waals surface area contributed by atoms with Crippen molar-refractivity contribution in [2.45, 2.75) is 70.8 Å². The molecule has 3 amide bonds. The number of halogens is 2. The number of ether oxygens (including phenoxy) is 1. The van der Waals surface area contributed by atoms with Gasteiger partial charge in [-0.25, -0.2) is 0 Å². The number of anilines is 1. The van der Waals surface area contributed by atoms with Gasteiger partial charge in [-0.3, -0.25) is 29.4 Å². The van der Waals surface area contributed by atoms with Crippen LogP contribution in [0, 0.1) is 19.8 Å². The van der Waals surface area contributed by atoms with Crippen molar-refractivity contribution in [3.05, 3.63) is 79.2 Å². The highest BCUT2D eigenvalue weighted by molar-refractivity contribution is 6.32. The SMILES string of the molecule is COc1cc(-c2cn(C)c(=O)c(C)c2C)cc(Cl)c1CC1CCN(CC(=O)N2CCC(c3ccc(NC4CCC(=O)NC4=O)cc3Cl)CC2)CC1. The van der Waals surface area contributed by atoms with Gasteiger partial charge in [0, 0.05) is 65.2 Å². The molecule has 0 radical (unpaired) electrons. The van der Waals surface area contributed by atoms with Gasteiger partial charge in [0.05, 0.1) is 13.7 Å². The third kappa shape index (κ3) is 8.29. The molecule has 3 aromatic rings. The summed E-state index contributed by atoms with van der Waals surface area (Å²) in [7, 11) is 3.43. The maximum absolute atomic E-state index is 13.3. The zero-order valence-corrected chi connectivity index (χ0v) is 31.3. The average molecular weight is 737 g/mol. The Balaban J connectivity index is 0.981. The Hall–Kier alpha value is -3.86. The number of pyridine rings is 1. The molecule has 3 saturated heterocycles. The summed E-state index contributed by atoms with van der Waals surface area (Å²) in [5, 5.41) is 6.87. The summed E-state index contributed by atoms with van der Waals surface area (Å²) >= 11 is 13.6. The Bertz CT molecular complexity index is 1880. The number of benzene rings is 2. The lowest BCUT2D eigenvalue weighted by molar-refractivity contribution is -0.134. The molecule has 272 valence electrons. The molecule has 1 aromatic heterocycles. The monoisotopic (exact) mass is 735 g/mol. The third-order valence-electron chi connectivity index (χ3n) is 11.0. The molecule has 10 nitrogen and oxygen atoms in total. The van der Waals surface area contributed by atoms with Gasteiger partial charge in [-0.1, -0.05) is 29.3 Å². The molecular weight excluding hydrogens is 689 g/mol. The second-order valence-corrected chi connectivity index (χ2v) is 15.1. The van der Waals surface area contributed by atoms with Crippen LogP contribution in [0.25, 0.3) is 11.1 Å². The van der Waals surface area contributed by atoms with Crippen molar-refractivity contribution in [3.8, 4) is 16.9 Å². The van der Waals surface area contributed by atoms with Crippen LogP contribution in [0.4, 0.5) is 5.69 Å². The van der Waals surface area contributed by atoms with Crippen LogP contribution in [0.1, 0.15) is 66.7 Å². The maximum Gasteiger partial charge on any atom is 0.253 e. The topological polar surface area (TPSA) is 113 Å². The van der Waals surface area contributed by atoms with Crippen LogP contribution in [0.5, 0.6) is 5.75 Å². The van der Waals surface area contributed by atoms with Crippen molar-refractivity contribution >= 4 is 46.6 Å². The molecule has 6 rings (SSSR count). The lowest BCUT2D eigenvalue weighted by atomic mass is 9.88. The second-order valence-electron chi connectivity index (χ2n) is 14.3. The van der Waals surface area contributed by atoms with Crippen LogP contribution in [0.2, 0.25) is 10.0 Å². The molecule has 0 aliphatic carbocycles. The summed E-state index contributed by atoms with van der Waals surface area (Å²) < 4.78 is 7.44. The molecule has 0 saturated carbocycles. The predicted octanol–water partition coefficient (Wildman–Crippen LogP) is 5.86. The molecule has 2 aromatic carbocycles. The summed E-state index contributed by atoms with van der Waals surface area (Å²) in [6.07, 6.45) is 7.06. The highest BCUT2D eigenvalue weighted by atomic mass is 35.5. The van der Waals surface area contributed by atoms with Gasteiger partial charge in [-0.15, -0.1) is 0 Å². The van der Waals surface area contributed by atoms with Gasteiger partial charge in [-0.2, -0.15) is 0 Å². The first-order chi connectivity index (χ1) is 24.4. The maximum atomic E-state index is 13.3.